The molecule has 0 bridgehead atoms. The van der Waals surface area contributed by atoms with Gasteiger partial charge in [-0.15, -0.1) is 0 Å². The molecule has 1 amide bonds. The summed E-state index contributed by atoms with van der Waals surface area (Å²) in [4.78, 5) is 13.7. The molecule has 2 aliphatic rings. The fourth-order valence-electron chi connectivity index (χ4n) is 3.34. The maximum atomic E-state index is 13.0. The first kappa shape index (κ1) is 18.6. The van der Waals surface area contributed by atoms with Crippen molar-refractivity contribution in [1.82, 2.24) is 4.31 Å². The number of sulfonamides is 1. The third-order valence-electron chi connectivity index (χ3n) is 4.90. The van der Waals surface area contributed by atoms with E-state index in [4.69, 9.17) is 9.47 Å². The summed E-state index contributed by atoms with van der Waals surface area (Å²) in [7, 11) is -2.01. The number of hydrogen-bond acceptors (Lipinski definition) is 6. The average molecular weight is 403 g/mol. The van der Waals surface area contributed by atoms with E-state index in [0.717, 1.165) is 11.4 Å². The Morgan fingerprint density at radius 2 is 1.75 bits per heavy atom. The highest BCUT2D eigenvalue weighted by Gasteiger charge is 2.30. The van der Waals surface area contributed by atoms with Gasteiger partial charge in [0.05, 0.1) is 17.7 Å². The van der Waals surface area contributed by atoms with E-state index in [0.29, 0.717) is 37.6 Å². The van der Waals surface area contributed by atoms with Crippen LogP contribution < -0.4 is 19.7 Å². The van der Waals surface area contributed by atoms with Gasteiger partial charge >= 0.3 is 0 Å². The van der Waals surface area contributed by atoms with Crippen molar-refractivity contribution in [3.8, 4) is 11.5 Å². The maximum absolute atomic E-state index is 13.0. The van der Waals surface area contributed by atoms with Crippen LogP contribution in [0.15, 0.2) is 47.4 Å². The van der Waals surface area contributed by atoms with Crippen LogP contribution in [0.1, 0.15) is 0 Å². The molecular weight excluding hydrogens is 382 g/mol. The normalized spacial score (nSPS) is 17.5. The number of piperazine rings is 1. The van der Waals surface area contributed by atoms with Gasteiger partial charge in [0.2, 0.25) is 10.0 Å². The van der Waals surface area contributed by atoms with Crippen LogP contribution in [0, 0.1) is 0 Å². The molecule has 1 N–H and O–H groups in total. The summed E-state index contributed by atoms with van der Waals surface area (Å²) in [6.07, 6.45) is 0. The third kappa shape index (κ3) is 3.50. The standard InChI is InChI=1S/C19H21N3O5S/c1-26-15-4-2-14(3-5-15)21-8-10-22(11-9-21)28(24,25)16-6-7-17-18(12-16)27-13-19(23)20-17/h2-7,12H,8-11,13H2,1H3,(H,20,23). The largest absolute Gasteiger partial charge is 0.497 e. The Balaban J connectivity index is 1.47. The van der Waals surface area contributed by atoms with Gasteiger partial charge in [-0.2, -0.15) is 4.31 Å². The molecule has 2 aromatic rings. The van der Waals surface area contributed by atoms with Crippen molar-refractivity contribution in [2.45, 2.75) is 4.90 Å². The minimum absolute atomic E-state index is 0.114. The highest BCUT2D eigenvalue weighted by Crippen LogP contribution is 2.32. The van der Waals surface area contributed by atoms with Crippen molar-refractivity contribution < 1.29 is 22.7 Å². The number of fused-ring (bicyclic) bond motifs is 1. The van der Waals surface area contributed by atoms with E-state index >= 15 is 0 Å². The van der Waals surface area contributed by atoms with Crippen LogP contribution in [0.4, 0.5) is 11.4 Å². The Kier molecular flexibility index (Phi) is 4.86. The molecule has 0 saturated carbocycles. The first-order valence-electron chi connectivity index (χ1n) is 8.93. The summed E-state index contributed by atoms with van der Waals surface area (Å²) in [5.41, 5.74) is 1.52. The molecule has 1 saturated heterocycles. The number of rotatable bonds is 4. The maximum Gasteiger partial charge on any atom is 0.262 e. The van der Waals surface area contributed by atoms with E-state index in [-0.39, 0.29) is 17.4 Å². The number of carbonyl (C=O) groups is 1. The van der Waals surface area contributed by atoms with Crippen LogP contribution in [-0.4, -0.2) is 58.5 Å². The molecule has 8 nitrogen and oxygen atoms in total. The van der Waals surface area contributed by atoms with Gasteiger partial charge in [0.15, 0.2) is 6.61 Å². The zero-order valence-corrected chi connectivity index (χ0v) is 16.2. The molecule has 0 atom stereocenters. The molecule has 0 spiro atoms. The minimum Gasteiger partial charge on any atom is -0.497 e. The lowest BCUT2D eigenvalue weighted by Crippen LogP contribution is -2.48. The molecule has 2 aliphatic heterocycles. The molecule has 2 heterocycles. The van der Waals surface area contributed by atoms with Crippen molar-refractivity contribution in [1.29, 1.82) is 0 Å². The van der Waals surface area contributed by atoms with Gasteiger partial charge in [0, 0.05) is 37.9 Å². The predicted molar refractivity (Wildman–Crippen MR) is 105 cm³/mol. The highest BCUT2D eigenvalue weighted by atomic mass is 32.2. The van der Waals surface area contributed by atoms with Gasteiger partial charge in [-0.05, 0) is 36.4 Å². The summed E-state index contributed by atoms with van der Waals surface area (Å²) >= 11 is 0. The molecular formula is C19H21N3O5S. The van der Waals surface area contributed by atoms with E-state index in [9.17, 15) is 13.2 Å². The molecule has 0 aliphatic carbocycles. The second kappa shape index (κ2) is 7.33. The summed E-state index contributed by atoms with van der Waals surface area (Å²) in [5, 5.41) is 2.66. The summed E-state index contributed by atoms with van der Waals surface area (Å²) in [5.74, 6) is 0.908. The number of anilines is 2. The SMILES string of the molecule is COc1ccc(N2CCN(S(=O)(=O)c3ccc4c(c3)OCC(=O)N4)CC2)cc1. The number of ether oxygens (including phenoxy) is 2. The molecule has 148 valence electrons. The fraction of sp³-hybridized carbons (Fsp3) is 0.316. The van der Waals surface area contributed by atoms with E-state index in [2.05, 4.69) is 10.2 Å². The molecule has 9 heteroatoms. The van der Waals surface area contributed by atoms with Gasteiger partial charge in [0.1, 0.15) is 11.5 Å². The Bertz CT molecular complexity index is 983. The predicted octanol–water partition coefficient (Wildman–Crippen LogP) is 1.54. The number of hydrogen-bond donors (Lipinski definition) is 1. The van der Waals surface area contributed by atoms with Crippen LogP contribution in [0.3, 0.4) is 0 Å². The first-order chi connectivity index (χ1) is 13.5. The van der Waals surface area contributed by atoms with Crippen LogP contribution in [0.25, 0.3) is 0 Å². The molecule has 0 aromatic heterocycles. The quantitative estimate of drug-likeness (QED) is 0.833. The average Bonchev–Trinajstić information content (AvgIpc) is 2.73. The Morgan fingerprint density at radius 3 is 2.43 bits per heavy atom. The molecule has 1 fully saturated rings. The zero-order valence-electron chi connectivity index (χ0n) is 15.4. The van der Waals surface area contributed by atoms with Gasteiger partial charge < -0.3 is 19.7 Å². The van der Waals surface area contributed by atoms with E-state index in [1.807, 2.05) is 24.3 Å². The number of carbonyl (C=O) groups excluding carboxylic acids is 1. The monoisotopic (exact) mass is 403 g/mol. The Labute approximate surface area is 163 Å². The van der Waals surface area contributed by atoms with Crippen molar-refractivity contribution in [3.63, 3.8) is 0 Å². The molecule has 0 radical (unpaired) electrons. The van der Waals surface area contributed by atoms with E-state index < -0.39 is 10.0 Å². The second-order valence-corrected chi connectivity index (χ2v) is 8.52. The topological polar surface area (TPSA) is 88.2 Å². The number of methoxy groups -OCH3 is 1. The van der Waals surface area contributed by atoms with Crippen molar-refractivity contribution in [2.75, 3.05) is 50.1 Å². The molecule has 2 aromatic carbocycles. The lowest BCUT2D eigenvalue weighted by Gasteiger charge is -2.35. The summed E-state index contributed by atoms with van der Waals surface area (Å²) < 4.78 is 38.0. The second-order valence-electron chi connectivity index (χ2n) is 6.58. The third-order valence-corrected chi connectivity index (χ3v) is 6.79. The lowest BCUT2D eigenvalue weighted by atomic mass is 10.2. The fourth-order valence-corrected chi connectivity index (χ4v) is 4.78. The molecule has 28 heavy (non-hydrogen) atoms. The summed E-state index contributed by atoms with van der Waals surface area (Å²) in [6, 6.07) is 12.3. The van der Waals surface area contributed by atoms with Gasteiger partial charge in [-0.1, -0.05) is 0 Å². The van der Waals surface area contributed by atoms with E-state index in [1.54, 1.807) is 13.2 Å². The van der Waals surface area contributed by atoms with Gasteiger partial charge in [-0.3, -0.25) is 4.79 Å². The molecule has 0 unspecified atom stereocenters. The lowest BCUT2D eigenvalue weighted by molar-refractivity contribution is -0.118. The number of amides is 1. The number of nitrogens with one attached hydrogen (secondary N) is 1. The number of nitrogens with zero attached hydrogens (tertiary/aromatic N) is 2. The minimum atomic E-state index is -3.63. The van der Waals surface area contributed by atoms with Crippen molar-refractivity contribution in [3.05, 3.63) is 42.5 Å². The Hall–Kier alpha value is -2.78. The highest BCUT2D eigenvalue weighted by molar-refractivity contribution is 7.89. The first-order valence-corrected chi connectivity index (χ1v) is 10.4. The number of benzene rings is 2. The summed E-state index contributed by atoms with van der Waals surface area (Å²) in [6.45, 7) is 1.87. The van der Waals surface area contributed by atoms with Crippen LogP contribution in [-0.2, 0) is 14.8 Å². The van der Waals surface area contributed by atoms with Gasteiger partial charge in [-0.25, -0.2) is 8.42 Å². The molecule has 4 rings (SSSR count). The zero-order chi connectivity index (χ0) is 19.7. The Morgan fingerprint density at radius 1 is 1.04 bits per heavy atom. The van der Waals surface area contributed by atoms with Crippen LogP contribution in [0.5, 0.6) is 11.5 Å². The van der Waals surface area contributed by atoms with Crippen molar-refractivity contribution >= 4 is 27.3 Å². The van der Waals surface area contributed by atoms with Crippen LogP contribution in [0.2, 0.25) is 0 Å². The smallest absolute Gasteiger partial charge is 0.262 e. The van der Waals surface area contributed by atoms with Crippen LogP contribution >= 0.6 is 0 Å². The van der Waals surface area contributed by atoms with Crippen molar-refractivity contribution in [2.24, 2.45) is 0 Å². The van der Waals surface area contributed by atoms with E-state index in [1.165, 1.54) is 16.4 Å². The van der Waals surface area contributed by atoms with Gasteiger partial charge in [0.25, 0.3) is 5.91 Å².